The summed E-state index contributed by atoms with van der Waals surface area (Å²) >= 11 is 3.36. The van der Waals surface area contributed by atoms with E-state index in [1.54, 1.807) is 4.90 Å². The van der Waals surface area contributed by atoms with Gasteiger partial charge in [0.2, 0.25) is 0 Å². The number of amides is 1. The minimum absolute atomic E-state index is 0.262. The predicted molar refractivity (Wildman–Crippen MR) is 85.3 cm³/mol. The van der Waals surface area contributed by atoms with Gasteiger partial charge in [0.05, 0.1) is 12.3 Å². The van der Waals surface area contributed by atoms with Gasteiger partial charge in [-0.25, -0.2) is 4.79 Å². The zero-order chi connectivity index (χ0) is 15.6. The number of anilines is 1. The molecule has 1 fully saturated rings. The van der Waals surface area contributed by atoms with Crippen molar-refractivity contribution < 1.29 is 14.3 Å². The molecular weight excluding hydrogens is 336 g/mol. The fourth-order valence-electron chi connectivity index (χ4n) is 2.01. The summed E-state index contributed by atoms with van der Waals surface area (Å²) in [6, 6.07) is 5.53. The summed E-state index contributed by atoms with van der Waals surface area (Å²) in [5, 5.41) is 0. The van der Waals surface area contributed by atoms with Gasteiger partial charge in [-0.15, -0.1) is 0 Å². The molecule has 116 valence electrons. The Labute approximate surface area is 133 Å². The Morgan fingerprint density at radius 2 is 2.10 bits per heavy atom. The molecule has 2 N–H and O–H groups in total. The largest absolute Gasteiger partial charge is 0.491 e. The van der Waals surface area contributed by atoms with Gasteiger partial charge in [0.15, 0.2) is 0 Å². The van der Waals surface area contributed by atoms with E-state index < -0.39 is 5.60 Å². The zero-order valence-corrected chi connectivity index (χ0v) is 14.1. The Bertz CT molecular complexity index is 522. The third kappa shape index (κ3) is 4.52. The van der Waals surface area contributed by atoms with Crippen molar-refractivity contribution in [2.24, 2.45) is 5.92 Å². The van der Waals surface area contributed by atoms with Crippen LogP contribution in [-0.2, 0) is 4.74 Å². The molecular formula is C15H21BrN2O3. The molecule has 1 aromatic carbocycles. The average molecular weight is 357 g/mol. The summed E-state index contributed by atoms with van der Waals surface area (Å²) < 4.78 is 11.9. The number of ether oxygens (including phenoxy) is 2. The van der Waals surface area contributed by atoms with Gasteiger partial charge in [-0.1, -0.05) is 15.9 Å². The SMILES string of the molecule is CC(C)(C)OC(=O)N1CC(COc2ccc(Br)cc2N)C1. The van der Waals surface area contributed by atoms with Crippen LogP contribution in [0.25, 0.3) is 0 Å². The van der Waals surface area contributed by atoms with Gasteiger partial charge in [-0.05, 0) is 39.0 Å². The van der Waals surface area contributed by atoms with Crippen LogP contribution >= 0.6 is 15.9 Å². The molecule has 0 atom stereocenters. The van der Waals surface area contributed by atoms with Crippen molar-refractivity contribution >= 4 is 27.7 Å². The molecule has 5 nitrogen and oxygen atoms in total. The van der Waals surface area contributed by atoms with E-state index in [2.05, 4.69) is 15.9 Å². The van der Waals surface area contributed by atoms with Gasteiger partial charge in [0, 0.05) is 23.5 Å². The minimum atomic E-state index is -0.454. The van der Waals surface area contributed by atoms with Gasteiger partial charge in [-0.2, -0.15) is 0 Å². The van der Waals surface area contributed by atoms with E-state index in [-0.39, 0.29) is 6.09 Å². The van der Waals surface area contributed by atoms with Gasteiger partial charge in [0.25, 0.3) is 0 Å². The number of carbonyl (C=O) groups is 1. The Kier molecular flexibility index (Phi) is 4.66. The number of halogens is 1. The molecule has 1 aromatic rings. The summed E-state index contributed by atoms with van der Waals surface area (Å²) in [6.45, 7) is 7.45. The molecule has 0 radical (unpaired) electrons. The first kappa shape index (κ1) is 15.9. The van der Waals surface area contributed by atoms with E-state index in [9.17, 15) is 4.79 Å². The van der Waals surface area contributed by atoms with Crippen LogP contribution < -0.4 is 10.5 Å². The highest BCUT2D eigenvalue weighted by Gasteiger charge is 2.34. The Morgan fingerprint density at radius 1 is 1.43 bits per heavy atom. The van der Waals surface area contributed by atoms with Crippen molar-refractivity contribution in [3.8, 4) is 5.75 Å². The second-order valence-electron chi connectivity index (χ2n) is 6.24. The van der Waals surface area contributed by atoms with Gasteiger partial charge in [0.1, 0.15) is 11.4 Å². The van der Waals surface area contributed by atoms with E-state index in [4.69, 9.17) is 15.2 Å². The van der Waals surface area contributed by atoms with Crippen LogP contribution in [0.1, 0.15) is 20.8 Å². The Balaban J connectivity index is 1.75. The highest BCUT2D eigenvalue weighted by molar-refractivity contribution is 9.10. The van der Waals surface area contributed by atoms with Crippen LogP contribution in [-0.4, -0.2) is 36.3 Å². The molecule has 1 amide bonds. The predicted octanol–water partition coefficient (Wildman–Crippen LogP) is 3.28. The lowest BCUT2D eigenvalue weighted by atomic mass is 10.0. The number of hydrogen-bond donors (Lipinski definition) is 1. The zero-order valence-electron chi connectivity index (χ0n) is 12.6. The fourth-order valence-corrected chi connectivity index (χ4v) is 2.39. The highest BCUT2D eigenvalue weighted by Crippen LogP contribution is 2.27. The summed E-state index contributed by atoms with van der Waals surface area (Å²) in [4.78, 5) is 13.5. The fraction of sp³-hybridized carbons (Fsp3) is 0.533. The molecule has 2 rings (SSSR count). The highest BCUT2D eigenvalue weighted by atomic mass is 79.9. The van der Waals surface area contributed by atoms with Crippen LogP contribution in [0.2, 0.25) is 0 Å². The number of hydrogen-bond acceptors (Lipinski definition) is 4. The van der Waals surface area contributed by atoms with Crippen LogP contribution in [0.4, 0.5) is 10.5 Å². The summed E-state index contributed by atoms with van der Waals surface area (Å²) in [5.41, 5.74) is 6.02. The van der Waals surface area contributed by atoms with E-state index in [0.717, 1.165) is 4.47 Å². The second-order valence-corrected chi connectivity index (χ2v) is 7.16. The monoisotopic (exact) mass is 356 g/mol. The van der Waals surface area contributed by atoms with Crippen molar-refractivity contribution in [2.75, 3.05) is 25.4 Å². The van der Waals surface area contributed by atoms with E-state index in [0.29, 0.717) is 37.1 Å². The third-order valence-corrected chi connectivity index (χ3v) is 3.55. The molecule has 0 aliphatic carbocycles. The molecule has 6 heteroatoms. The van der Waals surface area contributed by atoms with E-state index in [1.807, 2.05) is 39.0 Å². The van der Waals surface area contributed by atoms with Crippen molar-refractivity contribution in [1.29, 1.82) is 0 Å². The second kappa shape index (κ2) is 6.13. The van der Waals surface area contributed by atoms with Crippen molar-refractivity contribution in [3.63, 3.8) is 0 Å². The molecule has 0 saturated carbocycles. The topological polar surface area (TPSA) is 64.8 Å². The average Bonchev–Trinajstić information content (AvgIpc) is 2.27. The number of nitrogens with two attached hydrogens (primary N) is 1. The first-order chi connectivity index (χ1) is 9.74. The molecule has 1 aliphatic heterocycles. The molecule has 21 heavy (non-hydrogen) atoms. The lowest BCUT2D eigenvalue weighted by Crippen LogP contribution is -2.53. The molecule has 0 unspecified atom stereocenters. The molecule has 1 aliphatic rings. The quantitative estimate of drug-likeness (QED) is 0.844. The smallest absolute Gasteiger partial charge is 0.410 e. The van der Waals surface area contributed by atoms with Gasteiger partial charge in [-0.3, -0.25) is 0 Å². The number of rotatable bonds is 3. The number of nitrogens with zero attached hydrogens (tertiary/aromatic N) is 1. The molecule has 1 heterocycles. The normalized spacial score (nSPS) is 15.5. The number of benzene rings is 1. The number of likely N-dealkylation sites (tertiary alicyclic amines) is 1. The standard InChI is InChI=1S/C15H21BrN2O3/c1-15(2,3)21-14(19)18-7-10(8-18)9-20-13-5-4-11(16)6-12(13)17/h4-6,10H,7-9,17H2,1-3H3. The van der Waals surface area contributed by atoms with Gasteiger partial charge < -0.3 is 20.1 Å². The van der Waals surface area contributed by atoms with Gasteiger partial charge >= 0.3 is 6.09 Å². The molecule has 0 bridgehead atoms. The number of nitrogen functional groups attached to an aromatic ring is 1. The molecule has 0 aromatic heterocycles. The van der Waals surface area contributed by atoms with E-state index >= 15 is 0 Å². The lowest BCUT2D eigenvalue weighted by Gasteiger charge is -2.39. The minimum Gasteiger partial charge on any atom is -0.491 e. The Morgan fingerprint density at radius 3 is 2.67 bits per heavy atom. The molecule has 0 spiro atoms. The Hall–Kier alpha value is -1.43. The summed E-state index contributed by atoms with van der Waals surface area (Å²) in [5.74, 6) is 0.995. The van der Waals surface area contributed by atoms with Crippen molar-refractivity contribution in [3.05, 3.63) is 22.7 Å². The third-order valence-electron chi connectivity index (χ3n) is 3.06. The maximum absolute atomic E-state index is 11.8. The van der Waals surface area contributed by atoms with Crippen molar-refractivity contribution in [1.82, 2.24) is 4.90 Å². The first-order valence-electron chi connectivity index (χ1n) is 6.90. The maximum atomic E-state index is 11.8. The van der Waals surface area contributed by atoms with Crippen LogP contribution in [0, 0.1) is 5.92 Å². The number of carbonyl (C=O) groups excluding carboxylic acids is 1. The van der Waals surface area contributed by atoms with Crippen LogP contribution in [0.3, 0.4) is 0 Å². The van der Waals surface area contributed by atoms with Crippen LogP contribution in [0.15, 0.2) is 22.7 Å². The molecule has 1 saturated heterocycles. The maximum Gasteiger partial charge on any atom is 0.410 e. The first-order valence-corrected chi connectivity index (χ1v) is 7.69. The summed E-state index contributed by atoms with van der Waals surface area (Å²) in [7, 11) is 0. The van der Waals surface area contributed by atoms with E-state index in [1.165, 1.54) is 0 Å². The van der Waals surface area contributed by atoms with Crippen LogP contribution in [0.5, 0.6) is 5.75 Å². The lowest BCUT2D eigenvalue weighted by molar-refractivity contribution is -0.00777. The summed E-state index contributed by atoms with van der Waals surface area (Å²) in [6.07, 6.45) is -0.262. The van der Waals surface area contributed by atoms with Crippen molar-refractivity contribution in [2.45, 2.75) is 26.4 Å².